The van der Waals surface area contributed by atoms with Crippen LogP contribution in [0, 0.1) is 34.5 Å². The first-order chi connectivity index (χ1) is 35.0. The first-order valence-corrected chi connectivity index (χ1v) is 27.7. The number of benzene rings is 3. The van der Waals surface area contributed by atoms with Crippen LogP contribution in [-0.2, 0) is 35.3 Å². The number of aliphatic hydroxyl groups excluding tert-OH is 1. The van der Waals surface area contributed by atoms with Crippen LogP contribution in [0.5, 0.6) is 11.5 Å². The summed E-state index contributed by atoms with van der Waals surface area (Å²) in [6.07, 6.45) is 28.6. The van der Waals surface area contributed by atoms with Gasteiger partial charge in [-0.05, 0) is 208 Å². The van der Waals surface area contributed by atoms with E-state index in [0.717, 1.165) is 86.9 Å². The number of nitrogens with two attached hydrogens (primary N) is 1. The van der Waals surface area contributed by atoms with Crippen molar-refractivity contribution in [1.82, 2.24) is 21.3 Å². The number of hydrogen-bond donors (Lipinski definition) is 7. The molecule has 3 aromatic carbocycles. The Morgan fingerprint density at radius 3 is 2.56 bits per heavy atom. The van der Waals surface area contributed by atoms with Crippen molar-refractivity contribution >= 4 is 17.6 Å². The third kappa shape index (κ3) is 12.9. The number of carbonyl (C=O) groups is 2. The molecule has 0 amide bonds. The van der Waals surface area contributed by atoms with Crippen molar-refractivity contribution in [3.05, 3.63) is 136 Å². The lowest BCUT2D eigenvalue weighted by atomic mass is 9.57. The Morgan fingerprint density at radius 2 is 1.76 bits per heavy atom. The molecule has 6 aliphatic rings. The van der Waals surface area contributed by atoms with Crippen LogP contribution < -0.4 is 31.7 Å². The fraction of sp³-hybridized carbons (Fsp3) is 0.548. The molecule has 4 fully saturated rings. The number of nitrogens with one attached hydrogen (secondary N) is 4. The fourth-order valence-corrected chi connectivity index (χ4v) is 14.5. The maximum absolute atomic E-state index is 13.8. The number of carbonyl (C=O) groups excluding carboxylic acids is 2. The number of aryl methyl sites for hydroxylation is 3. The van der Waals surface area contributed by atoms with Gasteiger partial charge in [0.1, 0.15) is 5.78 Å². The SMILES string of the molecule is COc1cc(/C=C/C(=O)CC(=O)CCC[C@@]2(C[C@H]3[C@@H]4CCNC[C@@H]4C[C@@H]4C=CCN[C@@H]34)C[C@@H](NC[C@H](C)O)C3(CCCC3)C2)c(CC2=CNC(N)C=C2CCc2cccc(CCc3ccccc3)c2)cc1O. The van der Waals surface area contributed by atoms with E-state index in [1.807, 2.05) is 13.1 Å². The Bertz CT molecular complexity index is 2460. The standard InChI is InChI=1S/C62H83N5O5/c1-42(68)38-66-58-37-61(41-62(58)25-6-7-26-62,36-55-54-23-28-64-39-51(54)30-48-15-10-27-65-60(48)55)24-9-16-52(69)35-53(70)22-21-46-33-57(72-2)56(71)32-49(46)31-50-40-67-59(63)34-47(50)20-19-45-14-8-13-44(29-45)18-17-43-11-4-3-5-12-43/h3-5,8,10-15,21-22,29,32-34,40,42,48,51,54-55,58-60,64-68,71H,6-7,9,16-20,23-28,30-31,35-39,41,63H2,1-2H3/b22-21+/t42-,48-,51-,54+,55-,58+,59?,60+,61+/m0/s1. The molecule has 3 aliphatic heterocycles. The minimum atomic E-state index is -0.394. The first kappa shape index (κ1) is 52.0. The summed E-state index contributed by atoms with van der Waals surface area (Å²) in [4.78, 5) is 27.5. The van der Waals surface area contributed by atoms with Gasteiger partial charge in [0.05, 0.1) is 25.8 Å². The van der Waals surface area contributed by atoms with Crippen molar-refractivity contribution in [3.63, 3.8) is 0 Å². The summed E-state index contributed by atoms with van der Waals surface area (Å²) >= 11 is 0. The number of aliphatic hydroxyl groups is 1. The largest absolute Gasteiger partial charge is 0.504 e. The molecule has 0 bridgehead atoms. The Kier molecular flexibility index (Phi) is 17.4. The minimum absolute atomic E-state index is 0.0119. The zero-order chi connectivity index (χ0) is 50.1. The highest BCUT2D eigenvalue weighted by Crippen LogP contribution is 2.63. The van der Waals surface area contributed by atoms with Crippen LogP contribution in [0.15, 0.2) is 108 Å². The predicted molar refractivity (Wildman–Crippen MR) is 289 cm³/mol. The molecule has 1 saturated heterocycles. The lowest BCUT2D eigenvalue weighted by molar-refractivity contribution is -0.124. The molecule has 10 nitrogen and oxygen atoms in total. The number of ether oxygens (including phenoxy) is 1. The third-order valence-electron chi connectivity index (χ3n) is 17.9. The monoisotopic (exact) mass is 978 g/mol. The number of piperidine rings is 1. The molecule has 9 rings (SSSR count). The Labute approximate surface area is 429 Å². The maximum atomic E-state index is 13.8. The van der Waals surface area contributed by atoms with Gasteiger partial charge in [-0.1, -0.05) is 85.7 Å². The number of aromatic hydroxyl groups is 1. The fourth-order valence-electron chi connectivity index (χ4n) is 14.5. The normalized spacial score (nSPS) is 28.0. The summed E-state index contributed by atoms with van der Waals surface area (Å²) in [5.74, 6) is 2.66. The molecule has 3 saturated carbocycles. The molecule has 72 heavy (non-hydrogen) atoms. The van der Waals surface area contributed by atoms with Crippen LogP contribution in [-0.4, -0.2) is 79.4 Å². The van der Waals surface area contributed by atoms with Crippen molar-refractivity contribution < 1.29 is 24.5 Å². The lowest BCUT2D eigenvalue weighted by Gasteiger charge is -2.52. The summed E-state index contributed by atoms with van der Waals surface area (Å²) in [5.41, 5.74) is 14.5. The van der Waals surface area contributed by atoms with Gasteiger partial charge in [-0.25, -0.2) is 0 Å². The third-order valence-corrected chi connectivity index (χ3v) is 17.9. The molecule has 3 aromatic rings. The van der Waals surface area contributed by atoms with Gasteiger partial charge < -0.3 is 42.0 Å². The number of phenolic OH excluding ortho intramolecular Hbond substituents is 1. The number of Topliss-reactive ketones (excluding diaryl/α,β-unsaturated/α-hetero) is 1. The number of ketones is 2. The van der Waals surface area contributed by atoms with Gasteiger partial charge in [0.2, 0.25) is 0 Å². The van der Waals surface area contributed by atoms with Gasteiger partial charge in [-0.2, -0.15) is 0 Å². The van der Waals surface area contributed by atoms with Gasteiger partial charge >= 0.3 is 0 Å². The maximum Gasteiger partial charge on any atom is 0.163 e. The average Bonchev–Trinajstić information content (AvgIpc) is 3.98. The van der Waals surface area contributed by atoms with E-state index in [0.29, 0.717) is 60.9 Å². The summed E-state index contributed by atoms with van der Waals surface area (Å²) < 4.78 is 5.53. The molecule has 1 unspecified atom stereocenters. The molecule has 3 aliphatic carbocycles. The van der Waals surface area contributed by atoms with Gasteiger partial charge in [-0.15, -0.1) is 0 Å². The smallest absolute Gasteiger partial charge is 0.163 e. The Morgan fingerprint density at radius 1 is 0.986 bits per heavy atom. The van der Waals surface area contributed by atoms with Gasteiger partial charge in [0, 0.05) is 37.8 Å². The molecule has 10 heteroatoms. The van der Waals surface area contributed by atoms with Crippen LogP contribution >= 0.6 is 0 Å². The van der Waals surface area contributed by atoms with Crippen LogP contribution in [0.25, 0.3) is 6.08 Å². The minimum Gasteiger partial charge on any atom is -0.504 e. The number of dihydropyridines is 1. The second-order valence-corrected chi connectivity index (χ2v) is 22.9. The molecule has 0 aromatic heterocycles. The van der Waals surface area contributed by atoms with Gasteiger partial charge in [0.15, 0.2) is 17.3 Å². The van der Waals surface area contributed by atoms with Crippen molar-refractivity contribution in [3.8, 4) is 11.5 Å². The van der Waals surface area contributed by atoms with E-state index in [1.165, 1.54) is 81.2 Å². The number of phenols is 1. The number of hydrogen-bond acceptors (Lipinski definition) is 10. The zero-order valence-electron chi connectivity index (χ0n) is 43.2. The van der Waals surface area contributed by atoms with Crippen molar-refractivity contribution in [1.29, 1.82) is 0 Å². The molecule has 3 heterocycles. The van der Waals surface area contributed by atoms with Crippen LogP contribution in [0.3, 0.4) is 0 Å². The Hall–Kier alpha value is -4.84. The molecule has 0 radical (unpaired) electrons. The highest BCUT2D eigenvalue weighted by molar-refractivity contribution is 6.06. The van der Waals surface area contributed by atoms with E-state index in [-0.39, 0.29) is 40.7 Å². The van der Waals surface area contributed by atoms with E-state index in [1.54, 1.807) is 18.2 Å². The second-order valence-electron chi connectivity index (χ2n) is 22.9. The molecule has 9 atom stereocenters. The molecular formula is C62H83N5O5. The van der Waals surface area contributed by atoms with E-state index >= 15 is 0 Å². The molecular weight excluding hydrogens is 895 g/mol. The Balaban J connectivity index is 0.850. The summed E-state index contributed by atoms with van der Waals surface area (Å²) in [5, 5.41) is 36.3. The summed E-state index contributed by atoms with van der Waals surface area (Å²) in [7, 11) is 1.52. The predicted octanol–water partition coefficient (Wildman–Crippen LogP) is 9.23. The average molecular weight is 978 g/mol. The first-order valence-electron chi connectivity index (χ1n) is 27.7. The lowest BCUT2D eigenvalue weighted by Crippen LogP contribution is -2.57. The molecule has 8 N–H and O–H groups in total. The van der Waals surface area contributed by atoms with Crippen LogP contribution in [0.2, 0.25) is 0 Å². The van der Waals surface area contributed by atoms with E-state index < -0.39 is 6.10 Å². The number of rotatable bonds is 22. The van der Waals surface area contributed by atoms with Gasteiger partial charge in [-0.3, -0.25) is 9.59 Å². The van der Waals surface area contributed by atoms with Crippen LogP contribution in [0.4, 0.5) is 0 Å². The van der Waals surface area contributed by atoms with E-state index in [2.05, 4.69) is 94.1 Å². The molecule has 386 valence electrons. The quantitative estimate of drug-likeness (QED) is 0.0294. The molecule has 1 spiro atoms. The van der Waals surface area contributed by atoms with Crippen molar-refractivity contribution in [2.75, 3.05) is 33.3 Å². The van der Waals surface area contributed by atoms with E-state index in [9.17, 15) is 19.8 Å². The van der Waals surface area contributed by atoms with Crippen molar-refractivity contribution in [2.24, 2.45) is 40.2 Å². The topological polar surface area (TPSA) is 158 Å². The van der Waals surface area contributed by atoms with Gasteiger partial charge in [0.25, 0.3) is 0 Å². The highest BCUT2D eigenvalue weighted by atomic mass is 16.5. The zero-order valence-corrected chi connectivity index (χ0v) is 43.2. The number of fused-ring (bicyclic) bond motifs is 2. The number of methoxy groups -OCH3 is 1. The van der Waals surface area contributed by atoms with Crippen molar-refractivity contribution in [2.45, 2.75) is 147 Å². The summed E-state index contributed by atoms with van der Waals surface area (Å²) in [6, 6.07) is 23.8. The highest BCUT2D eigenvalue weighted by Gasteiger charge is 2.57. The van der Waals surface area contributed by atoms with Crippen LogP contribution in [0.1, 0.15) is 125 Å². The summed E-state index contributed by atoms with van der Waals surface area (Å²) in [6.45, 7) is 5.64. The second kappa shape index (κ2) is 24.0. The van der Waals surface area contributed by atoms with E-state index in [4.69, 9.17) is 10.5 Å². The number of allylic oxidation sites excluding steroid dienone is 3.